The molecule has 0 aliphatic carbocycles. The van der Waals surface area contributed by atoms with Crippen molar-refractivity contribution < 1.29 is 14.3 Å². The molecule has 2 amide bonds. The molecule has 2 aromatic rings. The minimum Gasteiger partial charge on any atom is -0.464 e. The number of urea groups is 1. The number of piperazine rings is 1. The molecule has 8 nitrogen and oxygen atoms in total. The van der Waals surface area contributed by atoms with E-state index < -0.39 is 5.97 Å². The molecular formula is C21H26ClN5O3. The molecular weight excluding hydrogens is 406 g/mol. The first-order valence-corrected chi connectivity index (χ1v) is 10.2. The quantitative estimate of drug-likeness (QED) is 0.732. The molecule has 1 atom stereocenters. The van der Waals surface area contributed by atoms with Gasteiger partial charge in [0, 0.05) is 31.2 Å². The molecule has 9 heteroatoms. The number of rotatable bonds is 5. The Morgan fingerprint density at radius 1 is 1.23 bits per heavy atom. The van der Waals surface area contributed by atoms with Crippen LogP contribution in [0.1, 0.15) is 29.9 Å². The van der Waals surface area contributed by atoms with Gasteiger partial charge in [0.1, 0.15) is 5.82 Å². The van der Waals surface area contributed by atoms with Gasteiger partial charge in [-0.3, -0.25) is 0 Å². The second-order valence-corrected chi connectivity index (χ2v) is 7.86. The smallest absolute Gasteiger partial charge is 0.358 e. The number of carbonyl (C=O) groups is 2. The average molecular weight is 432 g/mol. The normalized spacial score (nSPS) is 16.5. The summed E-state index contributed by atoms with van der Waals surface area (Å²) >= 11 is 6.19. The van der Waals surface area contributed by atoms with Crippen molar-refractivity contribution in [2.24, 2.45) is 5.92 Å². The standard InChI is InChI=1S/C21H26ClN5O3/c1-14(2)18-13-26(19-12-23-17(11-24-19)20(28)30-3)8-9-27(18)21(29)25-10-15-6-4-5-7-16(15)22/h4-7,11-12,14,18H,8-10,13H2,1-3H3,(H,25,29). The van der Waals surface area contributed by atoms with E-state index in [1.54, 1.807) is 6.20 Å². The lowest BCUT2D eigenvalue weighted by Crippen LogP contribution is -2.59. The number of aromatic nitrogens is 2. The molecule has 1 fully saturated rings. The molecule has 1 unspecified atom stereocenters. The van der Waals surface area contributed by atoms with E-state index in [4.69, 9.17) is 11.6 Å². The molecule has 0 radical (unpaired) electrons. The molecule has 1 aromatic heterocycles. The van der Waals surface area contributed by atoms with Crippen LogP contribution in [0.15, 0.2) is 36.7 Å². The summed E-state index contributed by atoms with van der Waals surface area (Å²) in [7, 11) is 1.31. The predicted octanol–water partition coefficient (Wildman–Crippen LogP) is 2.97. The number of nitrogens with zero attached hydrogens (tertiary/aromatic N) is 4. The third kappa shape index (κ3) is 4.99. The summed E-state index contributed by atoms with van der Waals surface area (Å²) in [5.74, 6) is 0.403. The Bertz CT molecular complexity index is 890. The third-order valence-corrected chi connectivity index (χ3v) is 5.56. The monoisotopic (exact) mass is 431 g/mol. The van der Waals surface area contributed by atoms with Gasteiger partial charge in [0.05, 0.1) is 25.5 Å². The molecule has 1 N–H and O–H groups in total. The molecule has 1 saturated heterocycles. The summed E-state index contributed by atoms with van der Waals surface area (Å²) in [4.78, 5) is 36.8. The second-order valence-electron chi connectivity index (χ2n) is 7.45. The fraction of sp³-hybridized carbons (Fsp3) is 0.429. The van der Waals surface area contributed by atoms with Crippen molar-refractivity contribution in [3.8, 4) is 0 Å². The van der Waals surface area contributed by atoms with Crippen LogP contribution in [0.2, 0.25) is 5.02 Å². The minimum absolute atomic E-state index is 0.00655. The minimum atomic E-state index is -0.519. The van der Waals surface area contributed by atoms with Crippen LogP contribution < -0.4 is 10.2 Å². The zero-order chi connectivity index (χ0) is 21.7. The highest BCUT2D eigenvalue weighted by atomic mass is 35.5. The van der Waals surface area contributed by atoms with Crippen molar-refractivity contribution in [3.05, 3.63) is 52.9 Å². The van der Waals surface area contributed by atoms with Gasteiger partial charge in [-0.15, -0.1) is 0 Å². The molecule has 0 saturated carbocycles. The second kappa shape index (κ2) is 9.75. The highest BCUT2D eigenvalue weighted by Crippen LogP contribution is 2.22. The van der Waals surface area contributed by atoms with E-state index >= 15 is 0 Å². The molecule has 3 rings (SSSR count). The Morgan fingerprint density at radius 3 is 2.63 bits per heavy atom. The number of esters is 1. The Morgan fingerprint density at radius 2 is 2.00 bits per heavy atom. The van der Waals surface area contributed by atoms with Gasteiger partial charge in [0.25, 0.3) is 0 Å². The van der Waals surface area contributed by atoms with Crippen LogP contribution in [-0.4, -0.2) is 59.7 Å². The van der Waals surface area contributed by atoms with Crippen LogP contribution in [0.3, 0.4) is 0 Å². The van der Waals surface area contributed by atoms with Crippen molar-refractivity contribution in [3.63, 3.8) is 0 Å². The number of methoxy groups -OCH3 is 1. The lowest BCUT2D eigenvalue weighted by Gasteiger charge is -2.43. The summed E-state index contributed by atoms with van der Waals surface area (Å²) in [5, 5.41) is 3.62. The van der Waals surface area contributed by atoms with Gasteiger partial charge in [-0.05, 0) is 17.5 Å². The topological polar surface area (TPSA) is 87.7 Å². The number of benzene rings is 1. The molecule has 160 valence electrons. The Labute approximate surface area is 181 Å². The number of hydrogen-bond acceptors (Lipinski definition) is 6. The first-order valence-electron chi connectivity index (χ1n) is 9.84. The molecule has 30 heavy (non-hydrogen) atoms. The van der Waals surface area contributed by atoms with Gasteiger partial charge in [0.2, 0.25) is 0 Å². The van der Waals surface area contributed by atoms with Crippen LogP contribution in [0.25, 0.3) is 0 Å². The number of nitrogens with one attached hydrogen (secondary N) is 1. The first kappa shape index (κ1) is 21.8. The predicted molar refractivity (Wildman–Crippen MR) is 115 cm³/mol. The first-order chi connectivity index (χ1) is 14.4. The molecule has 2 heterocycles. The van der Waals surface area contributed by atoms with Crippen LogP contribution >= 0.6 is 11.6 Å². The summed E-state index contributed by atoms with van der Waals surface area (Å²) < 4.78 is 4.66. The number of halogens is 1. The van der Waals surface area contributed by atoms with Gasteiger partial charge < -0.3 is 19.9 Å². The number of ether oxygens (including phenoxy) is 1. The average Bonchev–Trinajstić information content (AvgIpc) is 2.77. The summed E-state index contributed by atoms with van der Waals surface area (Å²) in [6.45, 7) is 6.36. The van der Waals surface area contributed by atoms with Crippen LogP contribution in [-0.2, 0) is 11.3 Å². The Balaban J connectivity index is 1.65. The molecule has 0 spiro atoms. The maximum Gasteiger partial charge on any atom is 0.358 e. The summed E-state index contributed by atoms with van der Waals surface area (Å²) in [5.41, 5.74) is 1.05. The van der Waals surface area contributed by atoms with Crippen molar-refractivity contribution in [1.29, 1.82) is 0 Å². The van der Waals surface area contributed by atoms with Gasteiger partial charge in [-0.2, -0.15) is 0 Å². The van der Waals surface area contributed by atoms with Gasteiger partial charge >= 0.3 is 12.0 Å². The van der Waals surface area contributed by atoms with Gasteiger partial charge in [0.15, 0.2) is 5.69 Å². The fourth-order valence-electron chi connectivity index (χ4n) is 3.45. The van der Waals surface area contributed by atoms with Gasteiger partial charge in [-0.25, -0.2) is 19.6 Å². The summed E-state index contributed by atoms with van der Waals surface area (Å²) in [6, 6.07) is 7.37. The number of amides is 2. The largest absolute Gasteiger partial charge is 0.464 e. The number of hydrogen-bond donors (Lipinski definition) is 1. The fourth-order valence-corrected chi connectivity index (χ4v) is 3.65. The maximum atomic E-state index is 12.9. The van der Waals surface area contributed by atoms with E-state index in [0.29, 0.717) is 37.0 Å². The van der Waals surface area contributed by atoms with Crippen molar-refractivity contribution in [2.45, 2.75) is 26.4 Å². The van der Waals surface area contributed by atoms with Crippen molar-refractivity contribution >= 4 is 29.4 Å². The van der Waals surface area contributed by atoms with Crippen molar-refractivity contribution in [2.75, 3.05) is 31.6 Å². The Hall–Kier alpha value is -2.87. The molecule has 0 bridgehead atoms. The maximum absolute atomic E-state index is 12.9. The zero-order valence-corrected chi connectivity index (χ0v) is 18.1. The lowest BCUT2D eigenvalue weighted by molar-refractivity contribution is 0.0593. The Kier molecular flexibility index (Phi) is 7.10. The van der Waals surface area contributed by atoms with Crippen molar-refractivity contribution in [1.82, 2.24) is 20.2 Å². The van der Waals surface area contributed by atoms with Crippen LogP contribution in [0, 0.1) is 5.92 Å². The van der Waals surface area contributed by atoms with E-state index in [9.17, 15) is 9.59 Å². The highest BCUT2D eigenvalue weighted by Gasteiger charge is 2.33. The summed E-state index contributed by atoms with van der Waals surface area (Å²) in [6.07, 6.45) is 2.98. The molecule has 1 aliphatic heterocycles. The van der Waals surface area contributed by atoms with E-state index in [1.165, 1.54) is 13.3 Å². The molecule has 1 aliphatic rings. The SMILES string of the molecule is COC(=O)c1cnc(N2CCN(C(=O)NCc3ccccc3Cl)C(C(C)C)C2)cn1. The van der Waals surface area contributed by atoms with E-state index in [1.807, 2.05) is 29.2 Å². The van der Waals surface area contributed by atoms with E-state index in [-0.39, 0.29) is 23.7 Å². The highest BCUT2D eigenvalue weighted by molar-refractivity contribution is 6.31. The van der Waals surface area contributed by atoms with Crippen LogP contribution in [0.4, 0.5) is 10.6 Å². The van der Waals surface area contributed by atoms with E-state index in [0.717, 1.165) is 5.56 Å². The van der Waals surface area contributed by atoms with Crippen LogP contribution in [0.5, 0.6) is 0 Å². The zero-order valence-electron chi connectivity index (χ0n) is 17.3. The number of carbonyl (C=O) groups excluding carboxylic acids is 2. The van der Waals surface area contributed by atoms with E-state index in [2.05, 4.69) is 38.8 Å². The number of anilines is 1. The molecule has 1 aromatic carbocycles. The van der Waals surface area contributed by atoms with Gasteiger partial charge in [-0.1, -0.05) is 43.6 Å². The lowest BCUT2D eigenvalue weighted by atomic mass is 10.00. The third-order valence-electron chi connectivity index (χ3n) is 5.19.